The molecule has 0 saturated carbocycles. The van der Waals surface area contributed by atoms with E-state index in [2.05, 4.69) is 4.98 Å². The largest absolute Gasteiger partial charge is 0.430 e. The topological polar surface area (TPSA) is 42.4 Å². The Balaban J connectivity index is 1.87. The number of aromatic nitrogens is 1. The van der Waals surface area contributed by atoms with Crippen LogP contribution in [0.15, 0.2) is 42.5 Å². The third-order valence-corrected chi connectivity index (χ3v) is 5.68. The monoisotopic (exact) mass is 449 g/mol. The molecule has 0 aliphatic rings. The molecule has 1 heterocycles. The van der Waals surface area contributed by atoms with E-state index in [1.165, 1.54) is 13.0 Å². The molecule has 0 amide bonds. The number of nitrogens with zero attached hydrogens (tertiary/aromatic N) is 1. The summed E-state index contributed by atoms with van der Waals surface area (Å²) in [5.74, 6) is -0.494. The molecule has 3 nitrogen and oxygen atoms in total. The van der Waals surface area contributed by atoms with E-state index in [1.807, 2.05) is 0 Å². The number of alkyl halides is 6. The highest BCUT2D eigenvalue weighted by Gasteiger charge is 2.51. The first kappa shape index (κ1) is 22.4. The Morgan fingerprint density at radius 1 is 1.03 bits per heavy atom. The summed E-state index contributed by atoms with van der Waals surface area (Å²) in [6.45, 7) is 1.17. The number of hydrogen-bond donors (Lipinski definition) is 1. The van der Waals surface area contributed by atoms with E-state index >= 15 is 0 Å². The van der Waals surface area contributed by atoms with Gasteiger partial charge in [0.25, 0.3) is 5.19 Å². The summed E-state index contributed by atoms with van der Waals surface area (Å²) in [4.78, 5) is 4.13. The fourth-order valence-electron chi connectivity index (χ4n) is 2.90. The van der Waals surface area contributed by atoms with Gasteiger partial charge in [-0.1, -0.05) is 36.5 Å². The van der Waals surface area contributed by atoms with Gasteiger partial charge in [-0.2, -0.15) is 26.3 Å². The zero-order chi connectivity index (χ0) is 22.2. The lowest BCUT2D eigenvalue weighted by Gasteiger charge is -2.29. The minimum atomic E-state index is -4.87. The average Bonchev–Trinajstić information content (AvgIpc) is 3.07. The Morgan fingerprint density at radius 3 is 2.33 bits per heavy atom. The molecular formula is C20H17F6NO2S. The zero-order valence-corrected chi connectivity index (χ0v) is 16.5. The molecular weight excluding hydrogens is 432 g/mol. The second-order valence-electron chi connectivity index (χ2n) is 6.76. The number of aliphatic hydroxyl groups is 1. The van der Waals surface area contributed by atoms with Crippen molar-refractivity contribution in [3.05, 3.63) is 53.6 Å². The Morgan fingerprint density at radius 2 is 1.73 bits per heavy atom. The van der Waals surface area contributed by atoms with Gasteiger partial charge in [0.05, 0.1) is 15.8 Å². The van der Waals surface area contributed by atoms with E-state index < -0.39 is 42.1 Å². The van der Waals surface area contributed by atoms with Gasteiger partial charge in [0.15, 0.2) is 5.60 Å². The second-order valence-corrected chi connectivity index (χ2v) is 7.75. The normalized spacial score (nSPS) is 14.7. The molecule has 0 bridgehead atoms. The van der Waals surface area contributed by atoms with Gasteiger partial charge in [0, 0.05) is 0 Å². The summed E-state index contributed by atoms with van der Waals surface area (Å²) < 4.78 is 85.8. The van der Waals surface area contributed by atoms with Crippen molar-refractivity contribution in [1.29, 1.82) is 0 Å². The van der Waals surface area contributed by atoms with E-state index in [1.54, 1.807) is 24.3 Å². The lowest BCUT2D eigenvalue weighted by atomic mass is 9.91. The molecule has 0 aliphatic heterocycles. The third-order valence-electron chi connectivity index (χ3n) is 4.76. The summed E-state index contributed by atoms with van der Waals surface area (Å²) in [5.41, 5.74) is -3.49. The minimum Gasteiger partial charge on any atom is -0.430 e. The molecule has 10 heteroatoms. The molecule has 1 N–H and O–H groups in total. The van der Waals surface area contributed by atoms with Gasteiger partial charge < -0.3 is 9.84 Å². The number of hydrogen-bond acceptors (Lipinski definition) is 4. The lowest BCUT2D eigenvalue weighted by molar-refractivity contribution is -0.263. The van der Waals surface area contributed by atoms with Crippen LogP contribution in [0.4, 0.5) is 26.3 Å². The fourth-order valence-corrected chi connectivity index (χ4v) is 3.73. The zero-order valence-electron chi connectivity index (χ0n) is 15.6. The van der Waals surface area contributed by atoms with Crippen molar-refractivity contribution in [1.82, 2.24) is 4.98 Å². The van der Waals surface area contributed by atoms with E-state index in [4.69, 9.17) is 4.74 Å². The summed E-state index contributed by atoms with van der Waals surface area (Å²) in [5, 5.41) is 9.81. The Kier molecular flexibility index (Phi) is 6.01. The van der Waals surface area contributed by atoms with Crippen LogP contribution in [0.5, 0.6) is 10.9 Å². The lowest BCUT2D eigenvalue weighted by Crippen LogP contribution is -2.44. The first-order chi connectivity index (χ1) is 13.9. The third kappa shape index (κ3) is 4.70. The summed E-state index contributed by atoms with van der Waals surface area (Å²) in [6, 6.07) is 10.0. The molecule has 1 aromatic heterocycles. The smallest absolute Gasteiger partial charge is 0.419 e. The standard InChI is InChI=1S/C20H17F6NO2S/c1-2-18(28,20(24,25)26)10-9-12-7-8-15(13(11-12)19(21,22)23)29-17-27-14-5-3-4-6-16(14)30-17/h3-8,11,28H,2,9-10H2,1H3. The predicted molar refractivity (Wildman–Crippen MR) is 101 cm³/mol. The summed E-state index contributed by atoms with van der Waals surface area (Å²) in [6.07, 6.45) is -11.4. The van der Waals surface area contributed by atoms with Crippen LogP contribution in [-0.4, -0.2) is 21.9 Å². The van der Waals surface area contributed by atoms with Crippen molar-refractivity contribution in [2.45, 2.75) is 44.1 Å². The molecule has 2 aromatic carbocycles. The first-order valence-corrected chi connectivity index (χ1v) is 9.77. The van der Waals surface area contributed by atoms with Crippen molar-refractivity contribution < 1.29 is 36.2 Å². The quantitative estimate of drug-likeness (QED) is 0.424. The molecule has 30 heavy (non-hydrogen) atoms. The van der Waals surface area contributed by atoms with Crippen LogP contribution in [0.1, 0.15) is 30.9 Å². The number of rotatable bonds is 6. The highest BCUT2D eigenvalue weighted by Crippen LogP contribution is 2.41. The highest BCUT2D eigenvalue weighted by atomic mass is 32.1. The molecule has 162 valence electrons. The van der Waals surface area contributed by atoms with Crippen LogP contribution in [0.2, 0.25) is 0 Å². The number of benzene rings is 2. The fraction of sp³-hybridized carbons (Fsp3) is 0.350. The van der Waals surface area contributed by atoms with Crippen LogP contribution in [-0.2, 0) is 12.6 Å². The van der Waals surface area contributed by atoms with Gasteiger partial charge in [-0.25, -0.2) is 4.98 Å². The van der Waals surface area contributed by atoms with E-state index in [9.17, 15) is 31.4 Å². The summed E-state index contributed by atoms with van der Waals surface area (Å²) in [7, 11) is 0. The van der Waals surface area contributed by atoms with Crippen LogP contribution < -0.4 is 4.74 Å². The predicted octanol–water partition coefficient (Wildman–Crippen LogP) is 6.74. The Hall–Kier alpha value is -2.33. The minimum absolute atomic E-state index is 0.00935. The molecule has 3 aromatic rings. The maximum absolute atomic E-state index is 13.5. The van der Waals surface area contributed by atoms with Gasteiger partial charge in [0.1, 0.15) is 5.75 Å². The molecule has 1 unspecified atom stereocenters. The number of fused-ring (bicyclic) bond motifs is 1. The van der Waals surface area contributed by atoms with Crippen LogP contribution in [0, 0.1) is 0 Å². The molecule has 0 fully saturated rings. The molecule has 0 radical (unpaired) electrons. The van der Waals surface area contributed by atoms with E-state index in [0.717, 1.165) is 28.2 Å². The molecule has 1 atom stereocenters. The van der Waals surface area contributed by atoms with Crippen molar-refractivity contribution in [3.8, 4) is 10.9 Å². The number of halogens is 6. The number of ether oxygens (including phenoxy) is 1. The highest BCUT2D eigenvalue weighted by molar-refractivity contribution is 7.20. The number of thiazole rings is 1. The SMILES string of the molecule is CCC(O)(CCc1ccc(Oc2nc3ccccc3s2)c(C(F)(F)F)c1)C(F)(F)F. The van der Waals surface area contributed by atoms with Crippen molar-refractivity contribution in [2.24, 2.45) is 0 Å². The van der Waals surface area contributed by atoms with Crippen molar-refractivity contribution in [2.75, 3.05) is 0 Å². The van der Waals surface area contributed by atoms with Crippen LogP contribution in [0.3, 0.4) is 0 Å². The molecule has 3 rings (SSSR count). The molecule has 0 aliphatic carbocycles. The summed E-state index contributed by atoms with van der Waals surface area (Å²) >= 11 is 1.08. The van der Waals surface area contributed by atoms with Gasteiger partial charge in [-0.15, -0.1) is 0 Å². The number of para-hydroxylation sites is 1. The molecule has 0 spiro atoms. The Bertz CT molecular complexity index is 997. The maximum Gasteiger partial charge on any atom is 0.419 e. The van der Waals surface area contributed by atoms with E-state index in [0.29, 0.717) is 5.52 Å². The average molecular weight is 449 g/mol. The second kappa shape index (κ2) is 8.07. The van der Waals surface area contributed by atoms with Gasteiger partial charge in [-0.05, 0) is 49.1 Å². The number of aryl methyl sites for hydroxylation is 1. The Labute approximate surface area is 171 Å². The van der Waals surface area contributed by atoms with Gasteiger partial charge >= 0.3 is 12.4 Å². The van der Waals surface area contributed by atoms with Crippen LogP contribution in [0.25, 0.3) is 10.2 Å². The van der Waals surface area contributed by atoms with Crippen LogP contribution >= 0.6 is 11.3 Å². The first-order valence-electron chi connectivity index (χ1n) is 8.95. The maximum atomic E-state index is 13.5. The van der Waals surface area contributed by atoms with Gasteiger partial charge in [-0.3, -0.25) is 0 Å². The van der Waals surface area contributed by atoms with Crippen molar-refractivity contribution in [3.63, 3.8) is 0 Å². The molecule has 0 saturated heterocycles. The van der Waals surface area contributed by atoms with E-state index in [-0.39, 0.29) is 17.2 Å². The van der Waals surface area contributed by atoms with Gasteiger partial charge in [0.2, 0.25) is 0 Å². The van der Waals surface area contributed by atoms with Crippen molar-refractivity contribution >= 4 is 21.6 Å².